The number of nitrogens with zero attached hydrogens (tertiary/aromatic N) is 2. The summed E-state index contributed by atoms with van der Waals surface area (Å²) in [6, 6.07) is 20.6. The van der Waals surface area contributed by atoms with Crippen molar-refractivity contribution < 1.29 is 19.1 Å². The second kappa shape index (κ2) is 9.30. The molecule has 1 fully saturated rings. The Morgan fingerprint density at radius 1 is 1.06 bits per heavy atom. The Bertz CT molecular complexity index is 1200. The fourth-order valence-electron chi connectivity index (χ4n) is 4.54. The number of carbonyl (C=O) groups excluding carboxylic acids is 3. The van der Waals surface area contributed by atoms with Crippen molar-refractivity contribution in [2.24, 2.45) is 0 Å². The number of ether oxygens (including phenoxy) is 1. The summed E-state index contributed by atoms with van der Waals surface area (Å²) < 4.78 is 5.68. The van der Waals surface area contributed by atoms with Crippen LogP contribution in [0.4, 0.5) is 4.79 Å². The SMILES string of the molecule is O=C(CN1C(=O)NC2(CCOc3ccccc32)C1=O)N(CCc1ccccc1)Cc1cccs1. The van der Waals surface area contributed by atoms with Crippen molar-refractivity contribution in [2.75, 3.05) is 19.7 Å². The lowest BCUT2D eigenvalue weighted by molar-refractivity contribution is -0.140. The number of carbonyl (C=O) groups is 3. The fourth-order valence-corrected chi connectivity index (χ4v) is 5.26. The largest absolute Gasteiger partial charge is 0.493 e. The summed E-state index contributed by atoms with van der Waals surface area (Å²) in [6.45, 7) is 0.947. The van der Waals surface area contributed by atoms with Crippen molar-refractivity contribution in [3.05, 3.63) is 88.1 Å². The van der Waals surface area contributed by atoms with Crippen molar-refractivity contribution in [1.82, 2.24) is 15.1 Å². The number of hydrogen-bond donors (Lipinski definition) is 1. The van der Waals surface area contributed by atoms with Gasteiger partial charge in [0.15, 0.2) is 5.54 Å². The summed E-state index contributed by atoms with van der Waals surface area (Å²) in [4.78, 5) is 43.6. The number of nitrogens with one attached hydrogen (secondary N) is 1. The van der Waals surface area contributed by atoms with Crippen molar-refractivity contribution in [3.8, 4) is 5.75 Å². The maximum atomic E-state index is 13.5. The first-order chi connectivity index (χ1) is 16.6. The van der Waals surface area contributed by atoms with Crippen LogP contribution in [0, 0.1) is 0 Å². The van der Waals surface area contributed by atoms with Gasteiger partial charge in [-0.3, -0.25) is 14.5 Å². The monoisotopic (exact) mass is 475 g/mol. The second-order valence-electron chi connectivity index (χ2n) is 8.45. The van der Waals surface area contributed by atoms with E-state index in [-0.39, 0.29) is 12.5 Å². The number of rotatable bonds is 7. The van der Waals surface area contributed by atoms with Gasteiger partial charge in [-0.15, -0.1) is 11.3 Å². The van der Waals surface area contributed by atoms with Gasteiger partial charge in [-0.25, -0.2) is 4.79 Å². The summed E-state index contributed by atoms with van der Waals surface area (Å²) >= 11 is 1.58. The van der Waals surface area contributed by atoms with Crippen LogP contribution >= 0.6 is 11.3 Å². The summed E-state index contributed by atoms with van der Waals surface area (Å²) in [6.07, 6.45) is 1.01. The Kier molecular flexibility index (Phi) is 6.06. The zero-order valence-corrected chi connectivity index (χ0v) is 19.4. The number of hydrogen-bond acceptors (Lipinski definition) is 5. The van der Waals surface area contributed by atoms with Crippen molar-refractivity contribution in [3.63, 3.8) is 0 Å². The molecule has 3 aromatic rings. The smallest absolute Gasteiger partial charge is 0.325 e. The van der Waals surface area contributed by atoms with Gasteiger partial charge in [-0.2, -0.15) is 0 Å². The minimum absolute atomic E-state index is 0.259. The Morgan fingerprint density at radius 3 is 2.65 bits per heavy atom. The minimum atomic E-state index is -1.19. The van der Waals surface area contributed by atoms with Crippen LogP contribution in [0.15, 0.2) is 72.1 Å². The highest BCUT2D eigenvalue weighted by molar-refractivity contribution is 7.09. The van der Waals surface area contributed by atoms with Gasteiger partial charge in [0.2, 0.25) is 5.91 Å². The second-order valence-corrected chi connectivity index (χ2v) is 9.48. The maximum absolute atomic E-state index is 13.5. The number of imide groups is 1. The number of thiophene rings is 1. The molecule has 2 aliphatic rings. The molecular weight excluding hydrogens is 450 g/mol. The molecule has 1 spiro atoms. The Balaban J connectivity index is 1.34. The molecule has 2 aromatic carbocycles. The summed E-state index contributed by atoms with van der Waals surface area (Å²) in [5.41, 5.74) is 0.572. The molecule has 0 bridgehead atoms. The molecule has 1 atom stereocenters. The van der Waals surface area contributed by atoms with Gasteiger partial charge in [-0.1, -0.05) is 54.6 Å². The molecule has 0 saturated carbocycles. The molecule has 4 amide bonds. The predicted molar refractivity (Wildman–Crippen MR) is 128 cm³/mol. The Morgan fingerprint density at radius 2 is 1.85 bits per heavy atom. The molecule has 3 heterocycles. The third kappa shape index (κ3) is 4.17. The van der Waals surface area contributed by atoms with E-state index < -0.39 is 17.5 Å². The standard InChI is InChI=1S/C26H25N3O4S/c30-23(28(17-20-9-6-16-34-20)14-12-19-7-2-1-3-8-19)18-29-24(31)26(27-25(29)32)13-15-33-22-11-5-4-10-21(22)26/h1-11,16H,12-15,17-18H2,(H,27,32). The molecule has 1 saturated heterocycles. The van der Waals surface area contributed by atoms with E-state index in [1.807, 2.05) is 60.0 Å². The lowest BCUT2D eigenvalue weighted by Gasteiger charge is -2.33. The molecule has 1 N–H and O–H groups in total. The summed E-state index contributed by atoms with van der Waals surface area (Å²) in [5, 5.41) is 4.83. The fraction of sp³-hybridized carbons (Fsp3) is 0.269. The number of para-hydroxylation sites is 1. The zero-order chi connectivity index (χ0) is 23.5. The maximum Gasteiger partial charge on any atom is 0.325 e. The topological polar surface area (TPSA) is 79.0 Å². The van der Waals surface area contributed by atoms with Crippen molar-refractivity contribution in [1.29, 1.82) is 0 Å². The lowest BCUT2D eigenvalue weighted by atomic mass is 9.84. The van der Waals surface area contributed by atoms with E-state index in [4.69, 9.17) is 4.74 Å². The van der Waals surface area contributed by atoms with E-state index in [2.05, 4.69) is 5.32 Å². The average molecular weight is 476 g/mol. The van der Waals surface area contributed by atoms with Gasteiger partial charge in [0.25, 0.3) is 5.91 Å². The van der Waals surface area contributed by atoms with E-state index >= 15 is 0 Å². The highest BCUT2D eigenvalue weighted by Gasteiger charge is 2.55. The molecular formula is C26H25N3O4S. The van der Waals surface area contributed by atoms with Crippen molar-refractivity contribution in [2.45, 2.75) is 24.9 Å². The third-order valence-corrected chi connectivity index (χ3v) is 7.20. The number of benzene rings is 2. The highest BCUT2D eigenvalue weighted by atomic mass is 32.1. The molecule has 174 valence electrons. The van der Waals surface area contributed by atoms with Crippen molar-refractivity contribution >= 4 is 29.2 Å². The average Bonchev–Trinajstić information content (AvgIpc) is 3.45. The molecule has 7 nitrogen and oxygen atoms in total. The molecule has 34 heavy (non-hydrogen) atoms. The van der Waals surface area contributed by atoms with E-state index in [1.165, 1.54) is 0 Å². The molecule has 0 radical (unpaired) electrons. The van der Waals surface area contributed by atoms with Crippen LogP contribution in [0.2, 0.25) is 0 Å². The predicted octanol–water partition coefficient (Wildman–Crippen LogP) is 3.55. The van der Waals surface area contributed by atoms with Gasteiger partial charge in [0.1, 0.15) is 12.3 Å². The summed E-state index contributed by atoms with van der Waals surface area (Å²) in [5.74, 6) is -0.0799. The molecule has 1 aromatic heterocycles. The number of urea groups is 1. The molecule has 0 aliphatic carbocycles. The van der Waals surface area contributed by atoms with Gasteiger partial charge in [0, 0.05) is 23.4 Å². The van der Waals surface area contributed by atoms with Gasteiger partial charge in [-0.05, 0) is 29.5 Å². The highest BCUT2D eigenvalue weighted by Crippen LogP contribution is 2.40. The van der Waals surface area contributed by atoms with E-state index in [1.54, 1.807) is 28.4 Å². The first-order valence-corrected chi connectivity index (χ1v) is 12.2. The lowest BCUT2D eigenvalue weighted by Crippen LogP contribution is -2.48. The zero-order valence-electron chi connectivity index (χ0n) is 18.6. The van der Waals surface area contributed by atoms with Crippen LogP contribution in [0.3, 0.4) is 0 Å². The van der Waals surface area contributed by atoms with Crippen LogP contribution in [-0.4, -0.2) is 47.3 Å². The first kappa shape index (κ1) is 22.2. The molecule has 8 heteroatoms. The molecule has 5 rings (SSSR count). The van der Waals surface area contributed by atoms with E-state index in [0.29, 0.717) is 43.9 Å². The number of fused-ring (bicyclic) bond motifs is 2. The number of amides is 4. The Hall–Kier alpha value is -3.65. The van der Waals surface area contributed by atoms with Crippen LogP contribution in [0.1, 0.15) is 22.4 Å². The van der Waals surface area contributed by atoms with Gasteiger partial charge in [0.05, 0.1) is 13.2 Å². The Labute approximate surface area is 201 Å². The van der Waals surface area contributed by atoms with Crippen LogP contribution in [0.25, 0.3) is 0 Å². The molecule has 1 unspecified atom stereocenters. The van der Waals surface area contributed by atoms with Gasteiger partial charge >= 0.3 is 6.03 Å². The van der Waals surface area contributed by atoms with Crippen LogP contribution < -0.4 is 10.1 Å². The normalized spacial score (nSPS) is 19.0. The van der Waals surface area contributed by atoms with Crippen LogP contribution in [-0.2, 0) is 28.1 Å². The van der Waals surface area contributed by atoms with E-state index in [9.17, 15) is 14.4 Å². The third-order valence-electron chi connectivity index (χ3n) is 6.34. The van der Waals surface area contributed by atoms with E-state index in [0.717, 1.165) is 15.3 Å². The quantitative estimate of drug-likeness (QED) is 0.530. The summed E-state index contributed by atoms with van der Waals surface area (Å²) in [7, 11) is 0. The van der Waals surface area contributed by atoms with Crippen LogP contribution in [0.5, 0.6) is 5.75 Å². The first-order valence-electron chi connectivity index (χ1n) is 11.3. The van der Waals surface area contributed by atoms with Gasteiger partial charge < -0.3 is 15.0 Å². The minimum Gasteiger partial charge on any atom is -0.493 e. The molecule has 2 aliphatic heterocycles.